The molecule has 0 aliphatic carbocycles. The van der Waals surface area contributed by atoms with Crippen molar-refractivity contribution in [2.45, 2.75) is 6.04 Å². The first-order valence-electron chi connectivity index (χ1n) is 2.54. The normalized spacial score (nSPS) is 23.2. The summed E-state index contributed by atoms with van der Waals surface area (Å²) in [6.45, 7) is 1.76. The predicted octanol–water partition coefficient (Wildman–Crippen LogP) is -2.49. The Morgan fingerprint density at radius 3 is 2.38 bits per heavy atom. The van der Waals surface area contributed by atoms with E-state index >= 15 is 0 Å². The number of nitrogens with one attached hydrogen (secondary N) is 2. The Kier molecular flexibility index (Phi) is 1.77. The summed E-state index contributed by atoms with van der Waals surface area (Å²) < 4.78 is 0. The van der Waals surface area contributed by atoms with Gasteiger partial charge in [0.2, 0.25) is 0 Å². The van der Waals surface area contributed by atoms with Crippen LogP contribution in [0.5, 0.6) is 0 Å². The Labute approximate surface area is 47.9 Å². The van der Waals surface area contributed by atoms with Gasteiger partial charge in [-0.3, -0.25) is 17.1 Å². The second-order valence-corrected chi connectivity index (χ2v) is 1.90. The van der Waals surface area contributed by atoms with E-state index in [-0.39, 0.29) is 0 Å². The lowest BCUT2D eigenvalue weighted by molar-refractivity contribution is 0.0680. The van der Waals surface area contributed by atoms with Gasteiger partial charge < -0.3 is 0 Å². The Morgan fingerprint density at radius 1 is 1.38 bits per heavy atom. The number of hydrogen-bond acceptors (Lipinski definition) is 5. The molecule has 0 radical (unpaired) electrons. The second kappa shape index (κ2) is 2.38. The van der Waals surface area contributed by atoms with E-state index in [4.69, 9.17) is 11.7 Å². The first kappa shape index (κ1) is 5.93. The lowest BCUT2D eigenvalue weighted by Crippen LogP contribution is -2.65. The summed E-state index contributed by atoms with van der Waals surface area (Å²) in [6.07, 6.45) is 0. The first-order valence-corrected chi connectivity index (χ1v) is 2.54. The standard InChI is InChI=1S/C3H11N5/c4-6-3-1-8(2-3)7-5/h3,6-7H,1-2,4-5H2. The van der Waals surface area contributed by atoms with Gasteiger partial charge in [-0.15, -0.1) is 0 Å². The fourth-order valence-corrected chi connectivity index (χ4v) is 0.689. The van der Waals surface area contributed by atoms with E-state index in [1.165, 1.54) is 0 Å². The minimum Gasteiger partial charge on any atom is -0.271 e. The van der Waals surface area contributed by atoms with E-state index in [0.29, 0.717) is 6.04 Å². The molecule has 1 aliphatic rings. The van der Waals surface area contributed by atoms with Crippen molar-refractivity contribution in [2.75, 3.05) is 13.1 Å². The van der Waals surface area contributed by atoms with Crippen LogP contribution in [0.25, 0.3) is 0 Å². The molecule has 5 heteroatoms. The summed E-state index contributed by atoms with van der Waals surface area (Å²) in [7, 11) is 0. The third-order valence-electron chi connectivity index (χ3n) is 1.30. The Hall–Kier alpha value is -0.200. The molecule has 0 unspecified atom stereocenters. The fraction of sp³-hybridized carbons (Fsp3) is 1.00. The van der Waals surface area contributed by atoms with Crippen molar-refractivity contribution in [1.82, 2.24) is 16.0 Å². The van der Waals surface area contributed by atoms with Crippen LogP contribution in [-0.4, -0.2) is 24.1 Å². The second-order valence-electron chi connectivity index (χ2n) is 1.90. The molecule has 1 rings (SSSR count). The average Bonchev–Trinajstić information content (AvgIpc) is 1.65. The highest BCUT2D eigenvalue weighted by Gasteiger charge is 2.23. The van der Waals surface area contributed by atoms with Crippen molar-refractivity contribution in [3.8, 4) is 0 Å². The van der Waals surface area contributed by atoms with Crippen LogP contribution >= 0.6 is 0 Å². The van der Waals surface area contributed by atoms with Crippen molar-refractivity contribution in [2.24, 2.45) is 11.7 Å². The first-order chi connectivity index (χ1) is 3.86. The van der Waals surface area contributed by atoms with Gasteiger partial charge in [-0.2, -0.15) is 5.53 Å². The number of rotatable bonds is 2. The number of hydrazine groups is 3. The van der Waals surface area contributed by atoms with Crippen LogP contribution in [-0.2, 0) is 0 Å². The molecule has 0 amide bonds. The molecule has 0 aromatic rings. The van der Waals surface area contributed by atoms with E-state index in [1.54, 1.807) is 0 Å². The molecule has 48 valence electrons. The van der Waals surface area contributed by atoms with Gasteiger partial charge in [0, 0.05) is 19.1 Å². The van der Waals surface area contributed by atoms with Gasteiger partial charge in [0.25, 0.3) is 0 Å². The Balaban J connectivity index is 2.03. The zero-order chi connectivity index (χ0) is 5.98. The van der Waals surface area contributed by atoms with Gasteiger partial charge in [-0.1, -0.05) is 0 Å². The fourth-order valence-electron chi connectivity index (χ4n) is 0.689. The molecule has 0 spiro atoms. The maximum Gasteiger partial charge on any atom is 0.0494 e. The van der Waals surface area contributed by atoms with Crippen LogP contribution in [0.15, 0.2) is 0 Å². The molecule has 1 heterocycles. The third-order valence-corrected chi connectivity index (χ3v) is 1.30. The highest BCUT2D eigenvalue weighted by Crippen LogP contribution is 1.99. The quantitative estimate of drug-likeness (QED) is 0.238. The average molecular weight is 117 g/mol. The molecule has 5 nitrogen and oxygen atoms in total. The van der Waals surface area contributed by atoms with Gasteiger partial charge in [0.1, 0.15) is 0 Å². The smallest absolute Gasteiger partial charge is 0.0494 e. The molecular formula is C3H11N5. The predicted molar refractivity (Wildman–Crippen MR) is 30.0 cm³/mol. The molecular weight excluding hydrogens is 106 g/mol. The van der Waals surface area contributed by atoms with Crippen LogP contribution in [0.1, 0.15) is 0 Å². The van der Waals surface area contributed by atoms with Gasteiger partial charge in [-0.05, 0) is 0 Å². The number of hydrogen-bond donors (Lipinski definition) is 4. The van der Waals surface area contributed by atoms with Crippen molar-refractivity contribution >= 4 is 0 Å². The molecule has 0 aromatic carbocycles. The van der Waals surface area contributed by atoms with Crippen molar-refractivity contribution < 1.29 is 0 Å². The summed E-state index contributed by atoms with van der Waals surface area (Å²) in [6, 6.07) is 0.408. The maximum atomic E-state index is 5.11. The summed E-state index contributed by atoms with van der Waals surface area (Å²) in [5.74, 6) is 10.2. The lowest BCUT2D eigenvalue weighted by Gasteiger charge is -2.37. The molecule has 8 heavy (non-hydrogen) atoms. The largest absolute Gasteiger partial charge is 0.271 e. The van der Waals surface area contributed by atoms with E-state index in [9.17, 15) is 0 Å². The van der Waals surface area contributed by atoms with Crippen molar-refractivity contribution in [3.63, 3.8) is 0 Å². The summed E-state index contributed by atoms with van der Waals surface area (Å²) in [4.78, 5) is 0. The van der Waals surface area contributed by atoms with Crippen LogP contribution in [0, 0.1) is 0 Å². The van der Waals surface area contributed by atoms with E-state index in [2.05, 4.69) is 11.0 Å². The highest BCUT2D eigenvalue weighted by atomic mass is 15.7. The van der Waals surface area contributed by atoms with E-state index < -0.39 is 0 Å². The Morgan fingerprint density at radius 2 is 2.00 bits per heavy atom. The molecule has 0 atom stereocenters. The molecule has 1 saturated heterocycles. The van der Waals surface area contributed by atoms with Gasteiger partial charge in [0.05, 0.1) is 0 Å². The molecule has 0 saturated carbocycles. The van der Waals surface area contributed by atoms with Crippen LogP contribution in [0.4, 0.5) is 0 Å². The van der Waals surface area contributed by atoms with Crippen LogP contribution in [0.3, 0.4) is 0 Å². The monoisotopic (exact) mass is 117 g/mol. The molecule has 6 N–H and O–H groups in total. The van der Waals surface area contributed by atoms with Crippen LogP contribution in [0.2, 0.25) is 0 Å². The number of nitrogens with zero attached hydrogens (tertiary/aromatic N) is 1. The minimum atomic E-state index is 0.408. The molecule has 1 aliphatic heterocycles. The third kappa shape index (κ3) is 0.960. The van der Waals surface area contributed by atoms with Gasteiger partial charge in [0.15, 0.2) is 0 Å². The van der Waals surface area contributed by atoms with Crippen LogP contribution < -0.4 is 22.6 Å². The SMILES string of the molecule is NNC1CN(NN)C1. The summed E-state index contributed by atoms with van der Waals surface area (Å²) >= 11 is 0. The highest BCUT2D eigenvalue weighted by molar-refractivity contribution is 4.80. The molecule has 0 bridgehead atoms. The molecule has 1 fully saturated rings. The van der Waals surface area contributed by atoms with E-state index in [1.807, 2.05) is 5.01 Å². The minimum absolute atomic E-state index is 0.408. The van der Waals surface area contributed by atoms with Gasteiger partial charge >= 0.3 is 0 Å². The van der Waals surface area contributed by atoms with Crippen molar-refractivity contribution in [1.29, 1.82) is 0 Å². The Bertz CT molecular complexity index is 60.1. The maximum absolute atomic E-state index is 5.11. The summed E-state index contributed by atoms with van der Waals surface area (Å²) in [5, 5.41) is 1.87. The van der Waals surface area contributed by atoms with Gasteiger partial charge in [-0.25, -0.2) is 5.01 Å². The lowest BCUT2D eigenvalue weighted by atomic mass is 10.2. The zero-order valence-corrected chi connectivity index (χ0v) is 4.59. The van der Waals surface area contributed by atoms with E-state index in [0.717, 1.165) is 13.1 Å². The zero-order valence-electron chi connectivity index (χ0n) is 4.59. The topological polar surface area (TPSA) is 79.3 Å². The molecule has 0 aromatic heterocycles. The van der Waals surface area contributed by atoms with Crippen molar-refractivity contribution in [3.05, 3.63) is 0 Å². The number of nitrogens with two attached hydrogens (primary N) is 2. The summed E-state index contributed by atoms with van der Waals surface area (Å²) in [5.41, 5.74) is 5.13.